The lowest BCUT2D eigenvalue weighted by Crippen LogP contribution is -2.11. The van der Waals surface area contributed by atoms with Gasteiger partial charge in [0.2, 0.25) is 0 Å². The van der Waals surface area contributed by atoms with Gasteiger partial charge in [-0.15, -0.1) is 0 Å². The second-order valence-corrected chi connectivity index (χ2v) is 4.77. The van der Waals surface area contributed by atoms with Gasteiger partial charge in [-0.2, -0.15) is 18.4 Å². The molecule has 0 aromatic heterocycles. The smallest absolute Gasteiger partial charge is 0.293 e. The zero-order chi connectivity index (χ0) is 13.2. The molecule has 0 saturated heterocycles. The largest absolute Gasteiger partial charge is 0.417 e. The predicted octanol–water partition coefficient (Wildman–Crippen LogP) is 3.76. The fourth-order valence-corrected chi connectivity index (χ4v) is 2.26. The van der Waals surface area contributed by atoms with Gasteiger partial charge in [0.1, 0.15) is 0 Å². The first-order chi connectivity index (χ1) is 7.81. The maximum Gasteiger partial charge on any atom is 0.417 e. The fraction of sp³-hybridized carbons (Fsp3) is 0.200. The minimum absolute atomic E-state index is 0.000759. The Balaban J connectivity index is 3.47. The van der Waals surface area contributed by atoms with E-state index in [1.54, 1.807) is 22.6 Å². The van der Waals surface area contributed by atoms with Gasteiger partial charge in [0.05, 0.1) is 22.5 Å². The van der Waals surface area contributed by atoms with Crippen molar-refractivity contribution >= 4 is 44.3 Å². The number of rotatable bonds is 2. The molecule has 1 aromatic rings. The Morgan fingerprint density at radius 1 is 1.47 bits per heavy atom. The number of hydrogen-bond donors (Lipinski definition) is 0. The molecule has 0 aliphatic rings. The van der Waals surface area contributed by atoms with Crippen LogP contribution in [0.3, 0.4) is 0 Å². The number of carbonyl (C=O) groups excluding carboxylic acids is 1. The number of benzene rings is 1. The van der Waals surface area contributed by atoms with Gasteiger partial charge in [0.15, 0.2) is 5.78 Å². The topological polar surface area (TPSA) is 40.9 Å². The number of nitriles is 1. The molecule has 2 nitrogen and oxygen atoms in total. The molecule has 0 saturated carbocycles. The Morgan fingerprint density at radius 2 is 2.06 bits per heavy atom. The SMILES string of the molecule is N#Cc1cc(C(=O)CBr)c(I)cc1C(F)(F)F. The lowest BCUT2D eigenvalue weighted by atomic mass is 10.0. The van der Waals surface area contributed by atoms with Gasteiger partial charge in [-0.1, -0.05) is 15.9 Å². The maximum atomic E-state index is 12.6. The summed E-state index contributed by atoms with van der Waals surface area (Å²) in [6, 6.07) is 3.25. The van der Waals surface area contributed by atoms with Crippen LogP contribution in [0.4, 0.5) is 13.2 Å². The van der Waals surface area contributed by atoms with E-state index in [9.17, 15) is 18.0 Å². The molecule has 1 aromatic carbocycles. The van der Waals surface area contributed by atoms with E-state index in [4.69, 9.17) is 5.26 Å². The van der Waals surface area contributed by atoms with Gasteiger partial charge in [-0.3, -0.25) is 4.79 Å². The average Bonchev–Trinajstić information content (AvgIpc) is 2.26. The Labute approximate surface area is 117 Å². The Morgan fingerprint density at radius 3 is 2.47 bits per heavy atom. The summed E-state index contributed by atoms with van der Waals surface area (Å²) in [5, 5.41) is 8.68. The Kier molecular flexibility index (Phi) is 4.55. The van der Waals surface area contributed by atoms with E-state index in [2.05, 4.69) is 15.9 Å². The van der Waals surface area contributed by atoms with Crippen molar-refractivity contribution in [3.8, 4) is 6.07 Å². The number of Topliss-reactive ketones (excluding diaryl/α,β-unsaturated/α-hetero) is 1. The average molecular weight is 418 g/mol. The van der Waals surface area contributed by atoms with Crippen LogP contribution in [0.1, 0.15) is 21.5 Å². The summed E-state index contributed by atoms with van der Waals surface area (Å²) >= 11 is 4.58. The summed E-state index contributed by atoms with van der Waals surface area (Å²) in [5.41, 5.74) is -1.44. The summed E-state index contributed by atoms with van der Waals surface area (Å²) in [6.07, 6.45) is -4.60. The molecule has 90 valence electrons. The maximum absolute atomic E-state index is 12.6. The van der Waals surface area contributed by atoms with Crippen LogP contribution >= 0.6 is 38.5 Å². The zero-order valence-electron chi connectivity index (χ0n) is 8.11. The molecule has 0 amide bonds. The number of hydrogen-bond acceptors (Lipinski definition) is 2. The van der Waals surface area contributed by atoms with Crippen molar-refractivity contribution in [3.05, 3.63) is 32.4 Å². The zero-order valence-corrected chi connectivity index (χ0v) is 11.9. The summed E-state index contributed by atoms with van der Waals surface area (Å²) in [4.78, 5) is 11.4. The van der Waals surface area contributed by atoms with E-state index >= 15 is 0 Å². The molecule has 0 heterocycles. The number of alkyl halides is 4. The molecule has 0 N–H and O–H groups in total. The Bertz CT molecular complexity index is 507. The van der Waals surface area contributed by atoms with Crippen molar-refractivity contribution in [2.24, 2.45) is 0 Å². The lowest BCUT2D eigenvalue weighted by molar-refractivity contribution is -0.137. The van der Waals surface area contributed by atoms with Gasteiger partial charge in [0, 0.05) is 9.13 Å². The molecule has 0 spiro atoms. The lowest BCUT2D eigenvalue weighted by Gasteiger charge is -2.11. The quantitative estimate of drug-likeness (QED) is 0.417. The minimum Gasteiger partial charge on any atom is -0.293 e. The van der Waals surface area contributed by atoms with Gasteiger partial charge < -0.3 is 0 Å². The third-order valence-corrected chi connectivity index (χ3v) is 3.36. The highest BCUT2D eigenvalue weighted by Gasteiger charge is 2.34. The van der Waals surface area contributed by atoms with Gasteiger partial charge in [0.25, 0.3) is 0 Å². The highest BCUT2D eigenvalue weighted by atomic mass is 127. The van der Waals surface area contributed by atoms with Crippen LogP contribution < -0.4 is 0 Å². The van der Waals surface area contributed by atoms with Crippen molar-refractivity contribution < 1.29 is 18.0 Å². The molecule has 0 aliphatic carbocycles. The van der Waals surface area contributed by atoms with Crippen LogP contribution in [-0.2, 0) is 6.18 Å². The van der Waals surface area contributed by atoms with Gasteiger partial charge >= 0.3 is 6.18 Å². The molecular weight excluding hydrogens is 414 g/mol. The fourth-order valence-electron chi connectivity index (χ4n) is 1.19. The third-order valence-electron chi connectivity index (χ3n) is 1.95. The van der Waals surface area contributed by atoms with E-state index < -0.39 is 17.3 Å². The number of halogens is 5. The molecule has 7 heteroatoms. The number of ketones is 1. The van der Waals surface area contributed by atoms with Crippen LogP contribution in [0.25, 0.3) is 0 Å². The standard InChI is InChI=1S/C10H4BrF3INO/c11-3-9(17)6-1-5(4-16)7(2-8(6)15)10(12,13)14/h1-2H,3H2. The summed E-state index contributed by atoms with van der Waals surface area (Å²) in [6.45, 7) is 0. The molecule has 0 atom stereocenters. The molecule has 0 radical (unpaired) electrons. The molecule has 0 bridgehead atoms. The summed E-state index contributed by atoms with van der Waals surface area (Å²) < 4.78 is 37.9. The highest BCUT2D eigenvalue weighted by molar-refractivity contribution is 14.1. The first-order valence-electron chi connectivity index (χ1n) is 4.21. The second-order valence-electron chi connectivity index (χ2n) is 3.04. The van der Waals surface area contributed by atoms with Crippen LogP contribution in [0.15, 0.2) is 12.1 Å². The predicted molar refractivity (Wildman–Crippen MR) is 67.0 cm³/mol. The van der Waals surface area contributed by atoms with E-state index in [0.717, 1.165) is 12.1 Å². The van der Waals surface area contributed by atoms with Crippen molar-refractivity contribution in [2.45, 2.75) is 6.18 Å². The van der Waals surface area contributed by atoms with E-state index in [-0.39, 0.29) is 20.2 Å². The van der Waals surface area contributed by atoms with E-state index in [1.165, 1.54) is 6.07 Å². The first kappa shape index (κ1) is 14.4. The minimum atomic E-state index is -4.60. The van der Waals surface area contributed by atoms with Crippen molar-refractivity contribution in [1.82, 2.24) is 0 Å². The molecule has 0 aliphatic heterocycles. The molecule has 0 unspecified atom stereocenters. The van der Waals surface area contributed by atoms with Gasteiger partial charge in [-0.05, 0) is 34.7 Å². The molecule has 0 fully saturated rings. The van der Waals surface area contributed by atoms with E-state index in [1.807, 2.05) is 0 Å². The summed E-state index contributed by atoms with van der Waals surface area (Å²) in [7, 11) is 0. The van der Waals surface area contributed by atoms with E-state index in [0.29, 0.717) is 0 Å². The van der Waals surface area contributed by atoms with Crippen molar-refractivity contribution in [2.75, 3.05) is 5.33 Å². The van der Waals surface area contributed by atoms with Crippen LogP contribution in [0, 0.1) is 14.9 Å². The van der Waals surface area contributed by atoms with Crippen molar-refractivity contribution in [1.29, 1.82) is 5.26 Å². The first-order valence-corrected chi connectivity index (χ1v) is 6.41. The van der Waals surface area contributed by atoms with Crippen molar-refractivity contribution in [3.63, 3.8) is 0 Å². The molecule has 17 heavy (non-hydrogen) atoms. The van der Waals surface area contributed by atoms with Crippen LogP contribution in [-0.4, -0.2) is 11.1 Å². The highest BCUT2D eigenvalue weighted by Crippen LogP contribution is 2.34. The summed E-state index contributed by atoms with van der Waals surface area (Å²) in [5.74, 6) is -0.361. The third kappa shape index (κ3) is 3.19. The normalized spacial score (nSPS) is 11.1. The second kappa shape index (κ2) is 5.35. The van der Waals surface area contributed by atoms with Gasteiger partial charge in [-0.25, -0.2) is 0 Å². The molecule has 1 rings (SSSR count). The Hall–Kier alpha value is -0.620. The number of nitrogens with zero attached hydrogens (tertiary/aromatic N) is 1. The monoisotopic (exact) mass is 417 g/mol. The van der Waals surface area contributed by atoms with Crippen LogP contribution in [0.2, 0.25) is 0 Å². The molecular formula is C10H4BrF3INO. The number of carbonyl (C=O) groups is 1. The van der Waals surface area contributed by atoms with Crippen LogP contribution in [0.5, 0.6) is 0 Å².